The summed E-state index contributed by atoms with van der Waals surface area (Å²) in [5, 5.41) is 0.688. The Labute approximate surface area is 186 Å². The zero-order valence-corrected chi connectivity index (χ0v) is 18.6. The maximum Gasteiger partial charge on any atom is 0.200 e. The molecule has 0 unspecified atom stereocenters. The first kappa shape index (κ1) is 20.1. The smallest absolute Gasteiger partial charge is 0.200 e. The van der Waals surface area contributed by atoms with Crippen LogP contribution in [0.1, 0.15) is 21.5 Å². The predicted octanol–water partition coefficient (Wildman–Crippen LogP) is 7.02. The second-order valence-corrected chi connectivity index (χ2v) is 8.75. The second-order valence-electron chi connectivity index (χ2n) is 6.38. The number of carbonyl (C=O) groups excluding carboxylic acids is 1. The molecule has 0 N–H and O–H groups in total. The lowest BCUT2D eigenvalue weighted by Crippen LogP contribution is -1.99. The summed E-state index contributed by atoms with van der Waals surface area (Å²) in [6, 6.07) is 18.9. The molecule has 3 aromatic rings. The highest BCUT2D eigenvalue weighted by Crippen LogP contribution is 2.42. The molecule has 0 amide bonds. The van der Waals surface area contributed by atoms with Crippen LogP contribution in [-0.2, 0) is 6.61 Å². The fourth-order valence-corrected chi connectivity index (χ4v) is 4.56. The Morgan fingerprint density at radius 3 is 2.55 bits per heavy atom. The van der Waals surface area contributed by atoms with Crippen LogP contribution < -0.4 is 9.47 Å². The molecule has 146 valence electrons. The zero-order valence-electron chi connectivity index (χ0n) is 15.4. The Bertz CT molecular complexity index is 1110. The average molecular weight is 488 g/mol. The van der Waals surface area contributed by atoms with Crippen molar-refractivity contribution in [2.75, 3.05) is 7.11 Å². The van der Waals surface area contributed by atoms with E-state index in [1.807, 2.05) is 66.7 Å². The van der Waals surface area contributed by atoms with Crippen LogP contribution >= 0.6 is 39.3 Å². The maximum atomic E-state index is 12.6. The van der Waals surface area contributed by atoms with E-state index in [1.165, 1.54) is 11.8 Å². The van der Waals surface area contributed by atoms with Gasteiger partial charge in [-0.2, -0.15) is 0 Å². The van der Waals surface area contributed by atoms with Gasteiger partial charge < -0.3 is 9.47 Å². The Kier molecular flexibility index (Phi) is 5.99. The number of carbonyl (C=O) groups is 1. The molecule has 3 aromatic carbocycles. The van der Waals surface area contributed by atoms with E-state index in [0.717, 1.165) is 26.1 Å². The van der Waals surface area contributed by atoms with Crippen LogP contribution in [0.3, 0.4) is 0 Å². The van der Waals surface area contributed by atoms with Gasteiger partial charge in [0.2, 0.25) is 5.78 Å². The number of benzene rings is 3. The van der Waals surface area contributed by atoms with Gasteiger partial charge in [0.05, 0.1) is 12.0 Å². The summed E-state index contributed by atoms with van der Waals surface area (Å²) in [5.41, 5.74) is 2.60. The lowest BCUT2D eigenvalue weighted by molar-refractivity contribution is 0.104. The van der Waals surface area contributed by atoms with Crippen molar-refractivity contribution >= 4 is 51.2 Å². The summed E-state index contributed by atoms with van der Waals surface area (Å²) < 4.78 is 12.3. The van der Waals surface area contributed by atoms with E-state index in [-0.39, 0.29) is 5.78 Å². The standard InChI is InChI=1S/C23H16BrClO3S/c1-27-19-10-15(11-22-23(26)17-4-2-3-5-21(17)29-22)18(24)12-20(19)28-13-14-6-8-16(25)9-7-14/h2-12H,13H2,1H3/b22-11-. The number of Topliss-reactive ketones (excluding diaryl/α,β-unsaturated/α-hetero) is 1. The minimum absolute atomic E-state index is 0.0412. The Morgan fingerprint density at radius 2 is 1.83 bits per heavy atom. The van der Waals surface area contributed by atoms with Crippen molar-refractivity contribution in [1.29, 1.82) is 0 Å². The number of hydrogen-bond acceptors (Lipinski definition) is 4. The Hall–Kier alpha value is -2.21. The van der Waals surface area contributed by atoms with Gasteiger partial charge in [-0.15, -0.1) is 0 Å². The molecule has 4 rings (SSSR count). The number of ether oxygens (including phenoxy) is 2. The molecule has 0 saturated carbocycles. The molecule has 0 aromatic heterocycles. The van der Waals surface area contributed by atoms with Gasteiger partial charge in [0, 0.05) is 20.0 Å². The number of rotatable bonds is 5. The van der Waals surface area contributed by atoms with Gasteiger partial charge in [0.25, 0.3) is 0 Å². The lowest BCUT2D eigenvalue weighted by atomic mass is 10.1. The van der Waals surface area contributed by atoms with Crippen molar-refractivity contribution in [2.24, 2.45) is 0 Å². The molecule has 0 aliphatic carbocycles. The summed E-state index contributed by atoms with van der Waals surface area (Å²) in [7, 11) is 1.60. The molecule has 29 heavy (non-hydrogen) atoms. The van der Waals surface area contributed by atoms with Crippen molar-refractivity contribution in [3.63, 3.8) is 0 Å². The highest BCUT2D eigenvalue weighted by Gasteiger charge is 2.25. The first-order valence-corrected chi connectivity index (χ1v) is 10.8. The predicted molar refractivity (Wildman–Crippen MR) is 121 cm³/mol. The third-order valence-corrected chi connectivity index (χ3v) is 6.49. The topological polar surface area (TPSA) is 35.5 Å². The fraction of sp³-hybridized carbons (Fsp3) is 0.0870. The largest absolute Gasteiger partial charge is 0.493 e. The molecule has 0 radical (unpaired) electrons. The number of hydrogen-bond donors (Lipinski definition) is 0. The number of ketones is 1. The number of thioether (sulfide) groups is 1. The highest BCUT2D eigenvalue weighted by atomic mass is 79.9. The van der Waals surface area contributed by atoms with Gasteiger partial charge in [-0.3, -0.25) is 4.79 Å². The third kappa shape index (κ3) is 4.37. The van der Waals surface area contributed by atoms with E-state index < -0.39 is 0 Å². The number of allylic oxidation sites excluding steroid dienone is 1. The average Bonchev–Trinajstić information content (AvgIpc) is 3.05. The molecule has 1 aliphatic heterocycles. The summed E-state index contributed by atoms with van der Waals surface area (Å²) in [4.78, 5) is 14.3. The molecular formula is C23H16BrClO3S. The summed E-state index contributed by atoms with van der Waals surface area (Å²) >= 11 is 11.0. The molecule has 0 saturated heterocycles. The molecule has 1 heterocycles. The van der Waals surface area contributed by atoms with Crippen LogP contribution in [0.25, 0.3) is 6.08 Å². The van der Waals surface area contributed by atoms with Gasteiger partial charge in [-0.05, 0) is 53.6 Å². The Balaban J connectivity index is 1.58. The van der Waals surface area contributed by atoms with Gasteiger partial charge in [0.1, 0.15) is 6.61 Å². The van der Waals surface area contributed by atoms with Gasteiger partial charge in [-0.25, -0.2) is 0 Å². The van der Waals surface area contributed by atoms with E-state index >= 15 is 0 Å². The molecule has 0 fully saturated rings. The summed E-state index contributed by atoms with van der Waals surface area (Å²) in [6.45, 7) is 0.393. The normalized spacial score (nSPS) is 14.2. The number of methoxy groups -OCH3 is 1. The lowest BCUT2D eigenvalue weighted by Gasteiger charge is -2.13. The first-order chi connectivity index (χ1) is 14.0. The third-order valence-electron chi connectivity index (χ3n) is 4.45. The molecule has 0 bridgehead atoms. The van der Waals surface area contributed by atoms with Crippen molar-refractivity contribution in [2.45, 2.75) is 11.5 Å². The van der Waals surface area contributed by atoms with E-state index in [9.17, 15) is 4.79 Å². The minimum atomic E-state index is 0.0412. The minimum Gasteiger partial charge on any atom is -0.493 e. The number of fused-ring (bicyclic) bond motifs is 1. The van der Waals surface area contributed by atoms with Crippen LogP contribution in [-0.4, -0.2) is 12.9 Å². The molecular weight excluding hydrogens is 472 g/mol. The van der Waals surface area contributed by atoms with Crippen LogP contribution in [0.2, 0.25) is 5.02 Å². The molecule has 3 nitrogen and oxygen atoms in total. The van der Waals surface area contributed by atoms with Crippen LogP contribution in [0.4, 0.5) is 0 Å². The molecule has 0 atom stereocenters. The van der Waals surface area contributed by atoms with E-state index in [0.29, 0.717) is 28.0 Å². The van der Waals surface area contributed by atoms with Crippen molar-refractivity contribution in [1.82, 2.24) is 0 Å². The fourth-order valence-electron chi connectivity index (χ4n) is 2.95. The molecule has 0 spiro atoms. The van der Waals surface area contributed by atoms with Crippen LogP contribution in [0.15, 0.2) is 74.9 Å². The molecule has 1 aliphatic rings. The highest BCUT2D eigenvalue weighted by molar-refractivity contribution is 9.10. The van der Waals surface area contributed by atoms with Crippen LogP contribution in [0, 0.1) is 0 Å². The van der Waals surface area contributed by atoms with Crippen molar-refractivity contribution in [3.8, 4) is 11.5 Å². The number of halogens is 2. The second kappa shape index (κ2) is 8.66. The van der Waals surface area contributed by atoms with E-state index in [4.69, 9.17) is 21.1 Å². The summed E-state index contributed by atoms with van der Waals surface area (Å²) in [5.74, 6) is 1.26. The van der Waals surface area contributed by atoms with E-state index in [1.54, 1.807) is 7.11 Å². The van der Waals surface area contributed by atoms with Crippen LogP contribution in [0.5, 0.6) is 11.5 Å². The first-order valence-electron chi connectivity index (χ1n) is 8.83. The van der Waals surface area contributed by atoms with E-state index in [2.05, 4.69) is 15.9 Å². The van der Waals surface area contributed by atoms with Crippen molar-refractivity contribution < 1.29 is 14.3 Å². The quantitative estimate of drug-likeness (QED) is 0.362. The van der Waals surface area contributed by atoms with Gasteiger partial charge in [0.15, 0.2) is 11.5 Å². The molecule has 6 heteroatoms. The van der Waals surface area contributed by atoms with Crippen molar-refractivity contribution in [3.05, 3.63) is 91.8 Å². The van der Waals surface area contributed by atoms with Gasteiger partial charge >= 0.3 is 0 Å². The summed E-state index contributed by atoms with van der Waals surface area (Å²) in [6.07, 6.45) is 1.88. The SMILES string of the molecule is COc1cc(/C=C2\Sc3ccccc3C2=O)c(Br)cc1OCc1ccc(Cl)cc1. The van der Waals surface area contributed by atoms with Gasteiger partial charge in [-0.1, -0.05) is 63.6 Å². The Morgan fingerprint density at radius 1 is 1.07 bits per heavy atom. The zero-order chi connectivity index (χ0) is 20.4. The monoisotopic (exact) mass is 486 g/mol. The maximum absolute atomic E-state index is 12.6.